The van der Waals surface area contributed by atoms with Gasteiger partial charge in [0.05, 0.1) is 0 Å². The Bertz CT molecular complexity index is 464. The molecule has 0 amide bonds. The minimum atomic E-state index is 0.292. The first-order valence-corrected chi connectivity index (χ1v) is 7.45. The first-order valence-electron chi connectivity index (χ1n) is 7.45. The fraction of sp³-hybridized carbons (Fsp3) is 0.562. The van der Waals surface area contributed by atoms with E-state index in [4.69, 9.17) is 0 Å². The van der Waals surface area contributed by atoms with Gasteiger partial charge in [-0.2, -0.15) is 0 Å². The summed E-state index contributed by atoms with van der Waals surface area (Å²) in [5.41, 5.74) is 3.40. The van der Waals surface area contributed by atoms with E-state index in [9.17, 15) is 4.79 Å². The molecular weight excluding hydrogens is 236 g/mol. The fourth-order valence-electron chi connectivity index (χ4n) is 3.06. The Balaban J connectivity index is 1.62. The summed E-state index contributed by atoms with van der Waals surface area (Å²) >= 11 is 0. The number of likely N-dealkylation sites (tertiary alicyclic amines) is 1. The van der Waals surface area contributed by atoms with Crippen molar-refractivity contribution < 1.29 is 4.79 Å². The van der Waals surface area contributed by atoms with Gasteiger partial charge in [0.25, 0.3) is 0 Å². The van der Waals surface area contributed by atoms with Crippen LogP contribution in [-0.2, 0) is 6.42 Å². The maximum Gasteiger partial charge on any atom is 0.164 e. The number of carbonyl (C=O) groups excluding carboxylic acids is 1. The summed E-state index contributed by atoms with van der Waals surface area (Å²) in [6.07, 6.45) is 5.50. The number of hydrogen-bond donors (Lipinski definition) is 1. The minimum absolute atomic E-state index is 0.292. The van der Waals surface area contributed by atoms with Crippen LogP contribution in [-0.4, -0.2) is 36.9 Å². The lowest BCUT2D eigenvalue weighted by Gasteiger charge is -2.19. The second kappa shape index (κ2) is 5.74. The van der Waals surface area contributed by atoms with Gasteiger partial charge in [-0.15, -0.1) is 0 Å². The van der Waals surface area contributed by atoms with E-state index in [0.29, 0.717) is 12.2 Å². The van der Waals surface area contributed by atoms with E-state index < -0.39 is 0 Å². The number of fused-ring (bicyclic) bond motifs is 1. The van der Waals surface area contributed by atoms with Crippen LogP contribution < -0.4 is 5.32 Å². The summed E-state index contributed by atoms with van der Waals surface area (Å²) in [7, 11) is 0. The zero-order chi connectivity index (χ0) is 13.1. The number of nitrogens with zero attached hydrogens (tertiary/aromatic N) is 1. The van der Waals surface area contributed by atoms with Gasteiger partial charge in [-0.1, -0.05) is 0 Å². The highest BCUT2D eigenvalue weighted by atomic mass is 16.1. The Morgan fingerprint density at radius 1 is 1.21 bits per heavy atom. The van der Waals surface area contributed by atoms with Crippen molar-refractivity contribution in [3.8, 4) is 0 Å². The van der Waals surface area contributed by atoms with Crippen LogP contribution in [0.5, 0.6) is 0 Å². The van der Waals surface area contributed by atoms with E-state index in [1.807, 2.05) is 6.07 Å². The van der Waals surface area contributed by atoms with Gasteiger partial charge in [0, 0.05) is 30.8 Å². The van der Waals surface area contributed by atoms with Gasteiger partial charge in [-0.3, -0.25) is 4.79 Å². The van der Waals surface area contributed by atoms with Crippen LogP contribution in [0.25, 0.3) is 0 Å². The van der Waals surface area contributed by atoms with Crippen LogP contribution in [0.1, 0.15) is 41.6 Å². The molecule has 3 heteroatoms. The van der Waals surface area contributed by atoms with E-state index in [2.05, 4.69) is 22.3 Å². The molecule has 0 spiro atoms. The predicted molar refractivity (Wildman–Crippen MR) is 77.9 cm³/mol. The van der Waals surface area contributed by atoms with E-state index in [0.717, 1.165) is 25.1 Å². The molecule has 0 unspecified atom stereocenters. The van der Waals surface area contributed by atoms with Gasteiger partial charge in [0.1, 0.15) is 0 Å². The first kappa shape index (κ1) is 12.7. The molecule has 0 atom stereocenters. The second-order valence-electron chi connectivity index (χ2n) is 5.62. The Kier molecular flexibility index (Phi) is 3.83. The third-order valence-corrected chi connectivity index (χ3v) is 4.22. The predicted octanol–water partition coefficient (Wildman–Crippen LogP) is 2.71. The van der Waals surface area contributed by atoms with Crippen LogP contribution in [0.2, 0.25) is 0 Å². The average Bonchev–Trinajstić information content (AvgIpc) is 2.97. The molecule has 0 radical (unpaired) electrons. The average molecular weight is 258 g/mol. The molecule has 0 aromatic heterocycles. The standard InChI is InChI=1S/C16H22N2O/c19-16(7-11-18-9-1-2-10-18)14-5-6-15-13(12-14)4-3-8-17-15/h5-6,12,17H,1-4,7-11H2. The molecule has 1 fully saturated rings. The molecular formula is C16H22N2O. The van der Waals surface area contributed by atoms with Crippen LogP contribution in [0, 0.1) is 0 Å². The highest BCUT2D eigenvalue weighted by molar-refractivity contribution is 5.96. The summed E-state index contributed by atoms with van der Waals surface area (Å²) in [6.45, 7) is 4.31. The summed E-state index contributed by atoms with van der Waals surface area (Å²) in [5, 5.41) is 3.39. The quantitative estimate of drug-likeness (QED) is 0.843. The Hall–Kier alpha value is -1.35. The molecule has 1 aromatic carbocycles. The van der Waals surface area contributed by atoms with Crippen molar-refractivity contribution in [2.75, 3.05) is 31.5 Å². The molecule has 3 rings (SSSR count). The van der Waals surface area contributed by atoms with Crippen LogP contribution in [0.3, 0.4) is 0 Å². The number of carbonyl (C=O) groups is 1. The molecule has 2 aliphatic heterocycles. The zero-order valence-corrected chi connectivity index (χ0v) is 11.5. The topological polar surface area (TPSA) is 32.3 Å². The lowest BCUT2D eigenvalue weighted by atomic mass is 9.98. The van der Waals surface area contributed by atoms with Gasteiger partial charge in [-0.25, -0.2) is 0 Å². The van der Waals surface area contributed by atoms with Crippen molar-refractivity contribution in [2.24, 2.45) is 0 Å². The number of nitrogens with one attached hydrogen (secondary N) is 1. The van der Waals surface area contributed by atoms with Crippen molar-refractivity contribution in [1.29, 1.82) is 0 Å². The van der Waals surface area contributed by atoms with Gasteiger partial charge in [0.2, 0.25) is 0 Å². The molecule has 0 saturated carbocycles. The number of benzene rings is 1. The summed E-state index contributed by atoms with van der Waals surface area (Å²) in [5.74, 6) is 0.292. The molecule has 1 saturated heterocycles. The molecule has 3 nitrogen and oxygen atoms in total. The number of Topliss-reactive ketones (excluding diaryl/α,β-unsaturated/α-hetero) is 1. The molecule has 1 aromatic rings. The summed E-state index contributed by atoms with van der Waals surface area (Å²) < 4.78 is 0. The number of rotatable bonds is 4. The smallest absolute Gasteiger partial charge is 0.164 e. The number of hydrogen-bond acceptors (Lipinski definition) is 3. The van der Waals surface area contributed by atoms with Gasteiger partial charge >= 0.3 is 0 Å². The maximum atomic E-state index is 12.2. The van der Waals surface area contributed by atoms with Crippen molar-refractivity contribution in [3.63, 3.8) is 0 Å². The monoisotopic (exact) mass is 258 g/mol. The van der Waals surface area contributed by atoms with E-state index >= 15 is 0 Å². The molecule has 0 bridgehead atoms. The number of ketones is 1. The fourth-order valence-corrected chi connectivity index (χ4v) is 3.06. The Morgan fingerprint density at radius 3 is 2.89 bits per heavy atom. The largest absolute Gasteiger partial charge is 0.385 e. The summed E-state index contributed by atoms with van der Waals surface area (Å²) in [6, 6.07) is 6.13. The van der Waals surface area contributed by atoms with Crippen LogP contribution in [0.4, 0.5) is 5.69 Å². The van der Waals surface area contributed by atoms with Crippen molar-refractivity contribution in [2.45, 2.75) is 32.1 Å². The zero-order valence-electron chi connectivity index (χ0n) is 11.5. The molecule has 2 aliphatic rings. The number of aryl methyl sites for hydroxylation is 1. The van der Waals surface area contributed by atoms with Crippen LogP contribution >= 0.6 is 0 Å². The van der Waals surface area contributed by atoms with Crippen molar-refractivity contribution in [3.05, 3.63) is 29.3 Å². The Morgan fingerprint density at radius 2 is 2.05 bits per heavy atom. The molecule has 2 heterocycles. The van der Waals surface area contributed by atoms with Gasteiger partial charge in [0.15, 0.2) is 5.78 Å². The SMILES string of the molecule is O=C(CCN1CCCC1)c1ccc2c(c1)CCCN2. The van der Waals surface area contributed by atoms with E-state index in [-0.39, 0.29) is 0 Å². The molecule has 19 heavy (non-hydrogen) atoms. The van der Waals surface area contributed by atoms with E-state index in [1.165, 1.54) is 43.6 Å². The van der Waals surface area contributed by atoms with Crippen molar-refractivity contribution in [1.82, 2.24) is 4.90 Å². The minimum Gasteiger partial charge on any atom is -0.385 e. The van der Waals surface area contributed by atoms with Crippen molar-refractivity contribution >= 4 is 11.5 Å². The highest BCUT2D eigenvalue weighted by Gasteiger charge is 2.15. The normalized spacial score (nSPS) is 18.9. The van der Waals surface area contributed by atoms with Gasteiger partial charge in [-0.05, 0) is 62.5 Å². The molecule has 1 N–H and O–H groups in total. The van der Waals surface area contributed by atoms with E-state index in [1.54, 1.807) is 0 Å². The second-order valence-corrected chi connectivity index (χ2v) is 5.62. The first-order chi connectivity index (χ1) is 9.33. The maximum absolute atomic E-state index is 12.2. The third-order valence-electron chi connectivity index (χ3n) is 4.22. The van der Waals surface area contributed by atoms with Crippen LogP contribution in [0.15, 0.2) is 18.2 Å². The highest BCUT2D eigenvalue weighted by Crippen LogP contribution is 2.23. The lowest BCUT2D eigenvalue weighted by molar-refractivity contribution is 0.0969. The molecule has 0 aliphatic carbocycles. The lowest BCUT2D eigenvalue weighted by Crippen LogP contribution is -2.22. The molecule has 102 valence electrons. The number of anilines is 1. The third kappa shape index (κ3) is 2.98. The summed E-state index contributed by atoms with van der Waals surface area (Å²) in [4.78, 5) is 14.6. The van der Waals surface area contributed by atoms with Gasteiger partial charge < -0.3 is 10.2 Å². The Labute approximate surface area is 115 Å².